The number of rotatable bonds is 6. The molecule has 180 valence electrons. The number of aryl methyl sites for hydroxylation is 1. The molecule has 0 radical (unpaired) electrons. The van der Waals surface area contributed by atoms with Gasteiger partial charge in [-0.1, -0.05) is 42.8 Å². The summed E-state index contributed by atoms with van der Waals surface area (Å²) in [7, 11) is 0. The predicted octanol–water partition coefficient (Wildman–Crippen LogP) is 5.10. The fraction of sp³-hybridized carbons (Fsp3) is 0.333. The van der Waals surface area contributed by atoms with Crippen LogP contribution in [0.4, 0.5) is 5.82 Å². The van der Waals surface area contributed by atoms with Crippen molar-refractivity contribution in [2.75, 3.05) is 18.0 Å². The van der Waals surface area contributed by atoms with Gasteiger partial charge in [0.15, 0.2) is 11.5 Å². The number of nitrogens with zero attached hydrogens (tertiary/aromatic N) is 5. The first kappa shape index (κ1) is 23.3. The summed E-state index contributed by atoms with van der Waals surface area (Å²) < 4.78 is 1.77. The lowest BCUT2D eigenvalue weighted by Crippen LogP contribution is -2.41. The molecule has 3 heterocycles. The number of hydrogen-bond acceptors (Lipinski definition) is 5. The first-order chi connectivity index (χ1) is 17.0. The minimum atomic E-state index is -0.00413. The highest BCUT2D eigenvalue weighted by atomic mass is 35.5. The van der Waals surface area contributed by atoms with Gasteiger partial charge < -0.3 is 10.2 Å². The highest BCUT2D eigenvalue weighted by Crippen LogP contribution is 2.25. The van der Waals surface area contributed by atoms with E-state index >= 15 is 0 Å². The van der Waals surface area contributed by atoms with E-state index in [2.05, 4.69) is 51.6 Å². The molecule has 0 spiro atoms. The Morgan fingerprint density at radius 3 is 2.43 bits per heavy atom. The molecule has 35 heavy (non-hydrogen) atoms. The average molecular weight is 489 g/mol. The van der Waals surface area contributed by atoms with Gasteiger partial charge in [0, 0.05) is 29.6 Å². The second-order valence-electron chi connectivity index (χ2n) is 9.08. The zero-order valence-electron chi connectivity index (χ0n) is 20.0. The third-order valence-electron chi connectivity index (χ3n) is 6.79. The number of fused-ring (bicyclic) bond motifs is 1. The molecule has 1 saturated heterocycles. The van der Waals surface area contributed by atoms with Crippen LogP contribution in [0.1, 0.15) is 43.9 Å². The Balaban J connectivity index is 1.23. The van der Waals surface area contributed by atoms with E-state index in [1.54, 1.807) is 4.52 Å². The molecule has 1 atom stereocenters. The Morgan fingerprint density at radius 1 is 1.03 bits per heavy atom. The summed E-state index contributed by atoms with van der Waals surface area (Å²) in [4.78, 5) is 15.2. The van der Waals surface area contributed by atoms with E-state index in [0.717, 1.165) is 49.3 Å². The van der Waals surface area contributed by atoms with Crippen molar-refractivity contribution >= 4 is 29.0 Å². The topological polar surface area (TPSA) is 75.4 Å². The molecule has 0 saturated carbocycles. The van der Waals surface area contributed by atoms with E-state index in [0.29, 0.717) is 16.5 Å². The van der Waals surface area contributed by atoms with Crippen molar-refractivity contribution < 1.29 is 4.79 Å². The molecule has 1 aliphatic heterocycles. The summed E-state index contributed by atoms with van der Waals surface area (Å²) >= 11 is 6.03. The summed E-state index contributed by atoms with van der Waals surface area (Å²) in [6.07, 6.45) is 2.60. The lowest BCUT2D eigenvalue weighted by atomic mass is 9.95. The van der Waals surface area contributed by atoms with Crippen LogP contribution in [-0.2, 0) is 11.2 Å². The van der Waals surface area contributed by atoms with Crippen LogP contribution < -0.4 is 10.2 Å². The Kier molecular flexibility index (Phi) is 6.68. The van der Waals surface area contributed by atoms with Crippen LogP contribution in [0.2, 0.25) is 5.02 Å². The first-order valence-corrected chi connectivity index (χ1v) is 12.5. The van der Waals surface area contributed by atoms with Crippen LogP contribution in [0.3, 0.4) is 0 Å². The molecule has 7 nitrogen and oxygen atoms in total. The van der Waals surface area contributed by atoms with Gasteiger partial charge in [-0.15, -0.1) is 15.3 Å². The normalized spacial score (nSPS) is 15.3. The third kappa shape index (κ3) is 5.00. The van der Waals surface area contributed by atoms with E-state index < -0.39 is 0 Å². The molecule has 1 aliphatic rings. The van der Waals surface area contributed by atoms with Gasteiger partial charge in [-0.2, -0.15) is 4.52 Å². The van der Waals surface area contributed by atoms with Crippen molar-refractivity contribution in [2.45, 2.75) is 39.2 Å². The van der Waals surface area contributed by atoms with Crippen molar-refractivity contribution in [1.82, 2.24) is 25.1 Å². The molecule has 0 aliphatic carbocycles. The zero-order valence-corrected chi connectivity index (χ0v) is 20.7. The summed E-state index contributed by atoms with van der Waals surface area (Å²) in [5.41, 5.74) is 4.03. The molecule has 1 amide bonds. The molecule has 4 aromatic rings. The standard InChI is InChI=1S/C27H29ClN6O/c1-3-19-4-6-20(7-5-19)18(2)29-27(35)22-14-16-33(17-15-22)25-13-12-24-30-31-26(34(24)32-25)21-8-10-23(28)11-9-21/h4-13,18,22H,3,14-17H2,1-2H3,(H,29,35)/t18-/m0/s1. The smallest absolute Gasteiger partial charge is 0.223 e. The number of nitrogens with one attached hydrogen (secondary N) is 1. The van der Waals surface area contributed by atoms with Gasteiger partial charge in [0.05, 0.1) is 6.04 Å². The summed E-state index contributed by atoms with van der Waals surface area (Å²) in [5.74, 6) is 1.67. The molecular weight excluding hydrogens is 460 g/mol. The van der Waals surface area contributed by atoms with Gasteiger partial charge >= 0.3 is 0 Å². The van der Waals surface area contributed by atoms with Crippen LogP contribution in [0.15, 0.2) is 60.7 Å². The molecule has 1 fully saturated rings. The molecular formula is C27H29ClN6O. The molecule has 0 bridgehead atoms. The van der Waals surface area contributed by atoms with E-state index in [1.807, 2.05) is 43.3 Å². The van der Waals surface area contributed by atoms with Crippen molar-refractivity contribution in [3.8, 4) is 11.4 Å². The third-order valence-corrected chi connectivity index (χ3v) is 7.04. The fourth-order valence-electron chi connectivity index (χ4n) is 4.55. The number of aromatic nitrogens is 4. The molecule has 8 heteroatoms. The van der Waals surface area contributed by atoms with Gasteiger partial charge in [0.25, 0.3) is 0 Å². The van der Waals surface area contributed by atoms with Gasteiger partial charge in [0.2, 0.25) is 5.91 Å². The number of hydrogen-bond donors (Lipinski definition) is 1. The zero-order chi connectivity index (χ0) is 24.4. The minimum absolute atomic E-state index is 0.00413. The molecule has 2 aromatic carbocycles. The predicted molar refractivity (Wildman–Crippen MR) is 139 cm³/mol. The van der Waals surface area contributed by atoms with E-state index in [9.17, 15) is 4.79 Å². The summed E-state index contributed by atoms with van der Waals surface area (Å²) in [6, 6.07) is 19.9. The summed E-state index contributed by atoms with van der Waals surface area (Å²) in [6.45, 7) is 5.73. The van der Waals surface area contributed by atoms with Crippen molar-refractivity contribution in [2.24, 2.45) is 5.92 Å². The fourth-order valence-corrected chi connectivity index (χ4v) is 4.68. The minimum Gasteiger partial charge on any atom is -0.355 e. The Labute approximate surface area is 210 Å². The Morgan fingerprint density at radius 2 is 1.74 bits per heavy atom. The van der Waals surface area contributed by atoms with E-state index in [4.69, 9.17) is 16.7 Å². The first-order valence-electron chi connectivity index (χ1n) is 12.1. The lowest BCUT2D eigenvalue weighted by molar-refractivity contribution is -0.126. The van der Waals surface area contributed by atoms with Gasteiger partial charge in [-0.3, -0.25) is 4.79 Å². The van der Waals surface area contributed by atoms with Crippen LogP contribution in [0.5, 0.6) is 0 Å². The maximum atomic E-state index is 12.9. The number of carbonyl (C=O) groups excluding carboxylic acids is 1. The highest BCUT2D eigenvalue weighted by Gasteiger charge is 2.27. The van der Waals surface area contributed by atoms with Crippen LogP contribution in [0.25, 0.3) is 17.0 Å². The molecule has 5 rings (SSSR count). The van der Waals surface area contributed by atoms with Crippen molar-refractivity contribution in [3.05, 3.63) is 76.8 Å². The number of carbonyl (C=O) groups is 1. The quantitative estimate of drug-likeness (QED) is 0.408. The second-order valence-corrected chi connectivity index (χ2v) is 9.52. The van der Waals surface area contributed by atoms with E-state index in [1.165, 1.54) is 5.56 Å². The van der Waals surface area contributed by atoms with Crippen molar-refractivity contribution in [3.63, 3.8) is 0 Å². The average Bonchev–Trinajstić information content (AvgIpc) is 3.32. The highest BCUT2D eigenvalue weighted by molar-refractivity contribution is 6.30. The molecule has 2 aromatic heterocycles. The van der Waals surface area contributed by atoms with Gasteiger partial charge in [0.1, 0.15) is 5.82 Å². The largest absolute Gasteiger partial charge is 0.355 e. The van der Waals surface area contributed by atoms with Crippen molar-refractivity contribution in [1.29, 1.82) is 0 Å². The molecule has 0 unspecified atom stereocenters. The summed E-state index contributed by atoms with van der Waals surface area (Å²) in [5, 5.41) is 17.3. The SMILES string of the molecule is CCc1ccc([C@H](C)NC(=O)C2CCN(c3ccc4nnc(-c5ccc(Cl)cc5)n4n3)CC2)cc1. The van der Waals surface area contributed by atoms with Crippen LogP contribution in [0, 0.1) is 5.92 Å². The number of anilines is 1. The number of benzene rings is 2. The van der Waals surface area contributed by atoms with E-state index in [-0.39, 0.29) is 17.9 Å². The van der Waals surface area contributed by atoms with Crippen LogP contribution in [-0.4, -0.2) is 38.8 Å². The Bertz CT molecular complexity index is 1310. The number of piperidine rings is 1. The van der Waals surface area contributed by atoms with Gasteiger partial charge in [-0.25, -0.2) is 0 Å². The van der Waals surface area contributed by atoms with Crippen LogP contribution >= 0.6 is 11.6 Å². The number of amides is 1. The monoisotopic (exact) mass is 488 g/mol. The maximum Gasteiger partial charge on any atom is 0.223 e. The van der Waals surface area contributed by atoms with Gasteiger partial charge in [-0.05, 0) is 73.7 Å². The number of halogens is 1. The molecule has 1 N–H and O–H groups in total. The Hall–Kier alpha value is -3.45. The lowest BCUT2D eigenvalue weighted by Gasteiger charge is -2.32. The maximum absolute atomic E-state index is 12.9. The second kappa shape index (κ2) is 10.0.